The summed E-state index contributed by atoms with van der Waals surface area (Å²) < 4.78 is 1.03. The SMILES string of the molecule is C=C(Br)CNC1CC(c2ccccc2C)C1. The van der Waals surface area contributed by atoms with E-state index in [1.807, 2.05) is 0 Å². The number of benzene rings is 1. The zero-order valence-electron chi connectivity index (χ0n) is 9.67. The van der Waals surface area contributed by atoms with Gasteiger partial charge in [-0.15, -0.1) is 0 Å². The Morgan fingerprint density at radius 3 is 2.75 bits per heavy atom. The summed E-state index contributed by atoms with van der Waals surface area (Å²) in [6.45, 7) is 6.92. The summed E-state index contributed by atoms with van der Waals surface area (Å²) in [5.41, 5.74) is 2.95. The second-order valence-corrected chi connectivity index (χ2v) is 5.74. The highest BCUT2D eigenvalue weighted by Crippen LogP contribution is 2.38. The fourth-order valence-corrected chi connectivity index (χ4v) is 2.50. The molecule has 1 aromatic rings. The van der Waals surface area contributed by atoms with E-state index in [2.05, 4.69) is 59.0 Å². The Kier molecular flexibility index (Phi) is 3.82. The molecule has 0 atom stereocenters. The first-order valence-corrected chi connectivity index (χ1v) is 6.58. The molecule has 0 aliphatic heterocycles. The molecule has 1 saturated carbocycles. The van der Waals surface area contributed by atoms with Crippen LogP contribution in [0.3, 0.4) is 0 Å². The number of aryl methyl sites for hydroxylation is 1. The topological polar surface area (TPSA) is 12.0 Å². The smallest absolute Gasteiger partial charge is 0.0268 e. The molecule has 1 aliphatic rings. The Balaban J connectivity index is 1.84. The van der Waals surface area contributed by atoms with Gasteiger partial charge in [0.2, 0.25) is 0 Å². The molecule has 0 heterocycles. The van der Waals surface area contributed by atoms with Crippen LogP contribution in [-0.2, 0) is 0 Å². The number of halogens is 1. The first kappa shape index (κ1) is 11.9. The van der Waals surface area contributed by atoms with E-state index < -0.39 is 0 Å². The summed E-state index contributed by atoms with van der Waals surface area (Å²) in [5.74, 6) is 0.752. The molecule has 1 aromatic carbocycles. The van der Waals surface area contributed by atoms with E-state index in [4.69, 9.17) is 0 Å². The van der Waals surface area contributed by atoms with Crippen molar-refractivity contribution in [1.29, 1.82) is 0 Å². The van der Waals surface area contributed by atoms with Crippen LogP contribution in [0.2, 0.25) is 0 Å². The van der Waals surface area contributed by atoms with E-state index in [1.165, 1.54) is 24.0 Å². The maximum Gasteiger partial charge on any atom is 0.0268 e. The van der Waals surface area contributed by atoms with Gasteiger partial charge in [0, 0.05) is 17.1 Å². The van der Waals surface area contributed by atoms with E-state index in [0.29, 0.717) is 6.04 Å². The molecule has 1 fully saturated rings. The Morgan fingerprint density at radius 1 is 1.44 bits per heavy atom. The van der Waals surface area contributed by atoms with Crippen LogP contribution < -0.4 is 5.32 Å². The monoisotopic (exact) mass is 279 g/mol. The number of nitrogens with one attached hydrogen (secondary N) is 1. The third-order valence-corrected chi connectivity index (χ3v) is 3.63. The molecular formula is C14H18BrN. The van der Waals surface area contributed by atoms with Gasteiger partial charge < -0.3 is 5.32 Å². The second-order valence-electron chi connectivity index (χ2n) is 4.62. The van der Waals surface area contributed by atoms with Crippen molar-refractivity contribution in [2.24, 2.45) is 0 Å². The lowest BCUT2D eigenvalue weighted by Crippen LogP contribution is -2.40. The van der Waals surface area contributed by atoms with Gasteiger partial charge in [0.25, 0.3) is 0 Å². The molecular weight excluding hydrogens is 262 g/mol. The molecule has 0 amide bonds. The van der Waals surface area contributed by atoms with Gasteiger partial charge in [0.15, 0.2) is 0 Å². The molecule has 2 rings (SSSR count). The zero-order valence-corrected chi connectivity index (χ0v) is 11.3. The summed E-state index contributed by atoms with van der Waals surface area (Å²) in [6.07, 6.45) is 2.51. The quantitative estimate of drug-likeness (QED) is 0.886. The van der Waals surface area contributed by atoms with Crippen molar-refractivity contribution in [2.45, 2.75) is 31.7 Å². The van der Waals surface area contributed by atoms with Crippen LogP contribution in [0.5, 0.6) is 0 Å². The summed E-state index contributed by atoms with van der Waals surface area (Å²) in [6, 6.07) is 9.39. The van der Waals surface area contributed by atoms with Gasteiger partial charge in [0.1, 0.15) is 0 Å². The van der Waals surface area contributed by atoms with Crippen LogP contribution in [0.1, 0.15) is 29.9 Å². The molecule has 0 bridgehead atoms. The Morgan fingerprint density at radius 2 is 2.12 bits per heavy atom. The standard InChI is InChI=1S/C14H18BrN/c1-10-5-3-4-6-14(10)12-7-13(8-12)16-9-11(2)15/h3-6,12-13,16H,2,7-9H2,1H3. The highest BCUT2D eigenvalue weighted by Gasteiger charge is 2.30. The van der Waals surface area contributed by atoms with Crippen LogP contribution in [0.25, 0.3) is 0 Å². The Labute approximate surface area is 106 Å². The Hall–Kier alpha value is -0.600. The normalized spacial score (nSPS) is 23.9. The summed E-state index contributed by atoms with van der Waals surface area (Å²) in [4.78, 5) is 0. The van der Waals surface area contributed by atoms with Crippen molar-refractivity contribution in [3.05, 3.63) is 46.5 Å². The van der Waals surface area contributed by atoms with Gasteiger partial charge in [-0.05, 0) is 36.8 Å². The lowest BCUT2D eigenvalue weighted by molar-refractivity contribution is 0.298. The van der Waals surface area contributed by atoms with E-state index in [-0.39, 0.29) is 0 Å². The largest absolute Gasteiger partial charge is 0.309 e. The minimum atomic E-state index is 0.666. The van der Waals surface area contributed by atoms with Crippen molar-refractivity contribution in [3.8, 4) is 0 Å². The molecule has 0 saturated heterocycles. The highest BCUT2D eigenvalue weighted by atomic mass is 79.9. The van der Waals surface area contributed by atoms with Gasteiger partial charge in [-0.25, -0.2) is 0 Å². The molecule has 0 unspecified atom stereocenters. The first-order valence-electron chi connectivity index (χ1n) is 5.79. The second kappa shape index (κ2) is 5.15. The van der Waals surface area contributed by atoms with Gasteiger partial charge >= 0.3 is 0 Å². The number of rotatable bonds is 4. The van der Waals surface area contributed by atoms with E-state index in [0.717, 1.165) is 16.9 Å². The average molecular weight is 280 g/mol. The molecule has 0 spiro atoms. The van der Waals surface area contributed by atoms with Gasteiger partial charge in [0.05, 0.1) is 0 Å². The van der Waals surface area contributed by atoms with Crippen LogP contribution in [0.15, 0.2) is 35.3 Å². The van der Waals surface area contributed by atoms with Crippen LogP contribution in [-0.4, -0.2) is 12.6 Å². The zero-order chi connectivity index (χ0) is 11.5. The summed E-state index contributed by atoms with van der Waals surface area (Å²) in [5, 5.41) is 3.49. The number of hydrogen-bond donors (Lipinski definition) is 1. The summed E-state index contributed by atoms with van der Waals surface area (Å²) >= 11 is 3.37. The van der Waals surface area contributed by atoms with E-state index >= 15 is 0 Å². The molecule has 2 heteroatoms. The van der Waals surface area contributed by atoms with Crippen molar-refractivity contribution in [2.75, 3.05) is 6.54 Å². The summed E-state index contributed by atoms with van der Waals surface area (Å²) in [7, 11) is 0. The molecule has 1 nitrogen and oxygen atoms in total. The third-order valence-electron chi connectivity index (χ3n) is 3.35. The van der Waals surface area contributed by atoms with Gasteiger partial charge in [-0.3, -0.25) is 0 Å². The van der Waals surface area contributed by atoms with E-state index in [1.54, 1.807) is 0 Å². The fraction of sp³-hybridized carbons (Fsp3) is 0.429. The molecule has 16 heavy (non-hydrogen) atoms. The van der Waals surface area contributed by atoms with Crippen molar-refractivity contribution in [3.63, 3.8) is 0 Å². The minimum Gasteiger partial charge on any atom is -0.309 e. The first-order chi connectivity index (χ1) is 7.66. The maximum atomic E-state index is 3.83. The highest BCUT2D eigenvalue weighted by molar-refractivity contribution is 9.11. The predicted octanol–water partition coefficient (Wildman–Crippen LogP) is 3.74. The number of hydrogen-bond acceptors (Lipinski definition) is 1. The maximum absolute atomic E-state index is 3.83. The fourth-order valence-electron chi connectivity index (χ4n) is 2.34. The van der Waals surface area contributed by atoms with Crippen LogP contribution in [0.4, 0.5) is 0 Å². The van der Waals surface area contributed by atoms with Crippen LogP contribution >= 0.6 is 15.9 Å². The lowest BCUT2D eigenvalue weighted by Gasteiger charge is -2.37. The van der Waals surface area contributed by atoms with E-state index in [9.17, 15) is 0 Å². The minimum absolute atomic E-state index is 0.666. The molecule has 1 N–H and O–H groups in total. The average Bonchev–Trinajstić information content (AvgIpc) is 2.17. The van der Waals surface area contributed by atoms with Gasteiger partial charge in [-0.1, -0.05) is 46.8 Å². The Bertz CT molecular complexity index is 380. The molecule has 0 radical (unpaired) electrons. The predicted molar refractivity (Wildman–Crippen MR) is 73.0 cm³/mol. The van der Waals surface area contributed by atoms with Crippen molar-refractivity contribution >= 4 is 15.9 Å². The lowest BCUT2D eigenvalue weighted by atomic mass is 9.74. The molecule has 0 aromatic heterocycles. The molecule has 86 valence electrons. The third kappa shape index (κ3) is 2.74. The van der Waals surface area contributed by atoms with Gasteiger partial charge in [-0.2, -0.15) is 0 Å². The molecule has 1 aliphatic carbocycles. The van der Waals surface area contributed by atoms with Crippen molar-refractivity contribution < 1.29 is 0 Å². The van der Waals surface area contributed by atoms with Crippen molar-refractivity contribution in [1.82, 2.24) is 5.32 Å². The van der Waals surface area contributed by atoms with Crippen LogP contribution in [0, 0.1) is 6.92 Å².